The van der Waals surface area contributed by atoms with E-state index in [1.807, 2.05) is 20.2 Å². The van der Waals surface area contributed by atoms with E-state index in [9.17, 15) is 4.79 Å². The molecule has 0 bridgehead atoms. The molecular weight excluding hydrogens is 312 g/mol. The van der Waals surface area contributed by atoms with Gasteiger partial charge in [0.2, 0.25) is 0 Å². The molecule has 0 atom stereocenters. The molecule has 1 aromatic carbocycles. The zero-order chi connectivity index (χ0) is 18.2. The Morgan fingerprint density at radius 3 is 2.64 bits per heavy atom. The molecule has 2 aromatic rings. The van der Waals surface area contributed by atoms with E-state index in [0.29, 0.717) is 12.1 Å². The fraction of sp³-hybridized carbons (Fsp3) is 0.400. The number of carbonyl (C=O) groups excluding carboxylic acids is 1. The Bertz CT molecular complexity index is 695. The summed E-state index contributed by atoms with van der Waals surface area (Å²) in [5.74, 6) is 0.663. The summed E-state index contributed by atoms with van der Waals surface area (Å²) >= 11 is 0. The number of carbonyl (C=O) groups is 1. The van der Waals surface area contributed by atoms with Crippen LogP contribution in [0.2, 0.25) is 0 Å². The van der Waals surface area contributed by atoms with Crippen molar-refractivity contribution in [2.75, 3.05) is 32.5 Å². The van der Waals surface area contributed by atoms with Crippen LogP contribution in [-0.4, -0.2) is 43.0 Å². The molecule has 1 aromatic heterocycles. The van der Waals surface area contributed by atoms with E-state index < -0.39 is 0 Å². The third-order valence-corrected chi connectivity index (χ3v) is 4.09. The highest BCUT2D eigenvalue weighted by molar-refractivity contribution is 5.94. The van der Waals surface area contributed by atoms with Gasteiger partial charge in [-0.15, -0.1) is 0 Å². The maximum Gasteiger partial charge on any atom is 0.252 e. The molecule has 0 aliphatic carbocycles. The molecule has 5 heteroatoms. The molecule has 5 nitrogen and oxygen atoms in total. The Morgan fingerprint density at radius 1 is 1.20 bits per heavy atom. The van der Waals surface area contributed by atoms with E-state index in [1.54, 1.807) is 12.3 Å². The maximum atomic E-state index is 12.1. The van der Waals surface area contributed by atoms with Gasteiger partial charge in [-0.05, 0) is 63.7 Å². The van der Waals surface area contributed by atoms with Crippen molar-refractivity contribution in [1.29, 1.82) is 0 Å². The number of hydrogen-bond donors (Lipinski definition) is 2. The van der Waals surface area contributed by atoms with Gasteiger partial charge < -0.3 is 15.5 Å². The molecule has 2 rings (SSSR count). The van der Waals surface area contributed by atoms with Crippen LogP contribution in [0, 0.1) is 6.92 Å². The van der Waals surface area contributed by atoms with Crippen LogP contribution in [0.15, 0.2) is 36.5 Å². The minimum atomic E-state index is -0.0806. The summed E-state index contributed by atoms with van der Waals surface area (Å²) in [6.45, 7) is 5.84. The predicted octanol–water partition coefficient (Wildman–Crippen LogP) is 3.38. The largest absolute Gasteiger partial charge is 0.352 e. The van der Waals surface area contributed by atoms with Gasteiger partial charge in [-0.3, -0.25) is 4.79 Å². The van der Waals surface area contributed by atoms with Crippen LogP contribution in [-0.2, 0) is 6.42 Å². The quantitative estimate of drug-likeness (QED) is 0.723. The minimum Gasteiger partial charge on any atom is -0.352 e. The molecule has 0 unspecified atom stereocenters. The summed E-state index contributed by atoms with van der Waals surface area (Å²) in [7, 11) is 4.05. The number of rotatable bonds is 8. The molecule has 2 N–H and O–H groups in total. The molecule has 1 heterocycles. The first-order valence-corrected chi connectivity index (χ1v) is 8.75. The molecule has 0 spiro atoms. The maximum absolute atomic E-state index is 12.1. The second-order valence-corrected chi connectivity index (χ2v) is 6.43. The molecule has 0 saturated carbocycles. The smallest absolute Gasteiger partial charge is 0.252 e. The Balaban J connectivity index is 1.97. The zero-order valence-corrected chi connectivity index (χ0v) is 15.6. The van der Waals surface area contributed by atoms with Crippen LogP contribution in [0.5, 0.6) is 0 Å². The number of nitrogens with zero attached hydrogens (tertiary/aromatic N) is 2. The number of nitrogens with one attached hydrogen (secondary N) is 2. The van der Waals surface area contributed by atoms with E-state index in [4.69, 9.17) is 0 Å². The van der Waals surface area contributed by atoms with Crippen molar-refractivity contribution in [3.63, 3.8) is 0 Å². The summed E-state index contributed by atoms with van der Waals surface area (Å²) in [5, 5.41) is 6.30. The van der Waals surface area contributed by atoms with Gasteiger partial charge in [0.05, 0.1) is 5.56 Å². The third kappa shape index (κ3) is 5.57. The number of amides is 1. The average molecular weight is 340 g/mol. The van der Waals surface area contributed by atoms with Crippen molar-refractivity contribution >= 4 is 17.4 Å². The number of aryl methyl sites for hydroxylation is 2. The van der Waals surface area contributed by atoms with Crippen LogP contribution in [0.25, 0.3) is 0 Å². The molecule has 0 saturated heterocycles. The number of pyridine rings is 1. The van der Waals surface area contributed by atoms with Crippen molar-refractivity contribution in [3.05, 3.63) is 53.2 Å². The third-order valence-electron chi connectivity index (χ3n) is 4.09. The summed E-state index contributed by atoms with van der Waals surface area (Å²) in [5.41, 5.74) is 4.11. The highest BCUT2D eigenvalue weighted by Gasteiger charge is 2.08. The Hall–Kier alpha value is -2.40. The van der Waals surface area contributed by atoms with Gasteiger partial charge in [-0.1, -0.05) is 25.1 Å². The lowest BCUT2D eigenvalue weighted by Gasteiger charge is -2.13. The second kappa shape index (κ2) is 9.18. The number of hydrogen-bond acceptors (Lipinski definition) is 4. The summed E-state index contributed by atoms with van der Waals surface area (Å²) in [6, 6.07) is 9.92. The Labute approximate surface area is 150 Å². The van der Waals surface area contributed by atoms with E-state index in [0.717, 1.165) is 30.9 Å². The molecule has 25 heavy (non-hydrogen) atoms. The molecule has 0 fully saturated rings. The van der Waals surface area contributed by atoms with Gasteiger partial charge in [-0.2, -0.15) is 0 Å². The van der Waals surface area contributed by atoms with Gasteiger partial charge in [0.1, 0.15) is 5.82 Å². The lowest BCUT2D eigenvalue weighted by Crippen LogP contribution is -2.27. The monoisotopic (exact) mass is 340 g/mol. The summed E-state index contributed by atoms with van der Waals surface area (Å²) in [6.07, 6.45) is 3.50. The lowest BCUT2D eigenvalue weighted by atomic mass is 10.1. The van der Waals surface area contributed by atoms with Crippen molar-refractivity contribution in [2.45, 2.75) is 26.7 Å². The highest BCUT2D eigenvalue weighted by Crippen LogP contribution is 2.24. The molecule has 134 valence electrons. The molecular formula is C20H28N4O. The van der Waals surface area contributed by atoms with Crippen molar-refractivity contribution in [3.8, 4) is 0 Å². The Kier molecular flexibility index (Phi) is 6.95. The lowest BCUT2D eigenvalue weighted by molar-refractivity contribution is 0.0952. The standard InChI is InChI=1S/C20H28N4O/c1-5-16-9-6-8-15(2)19(16)23-18-11-10-17(14-22-18)20(25)21-12-7-13-24(3)4/h6,8-11,14H,5,7,12-13H2,1-4H3,(H,21,25)(H,22,23). The first kappa shape index (κ1) is 18.9. The molecule has 0 radical (unpaired) electrons. The van der Waals surface area contributed by atoms with Crippen LogP contribution in [0.4, 0.5) is 11.5 Å². The van der Waals surface area contributed by atoms with Gasteiger partial charge in [0.25, 0.3) is 5.91 Å². The number of benzene rings is 1. The molecule has 0 aliphatic heterocycles. The second-order valence-electron chi connectivity index (χ2n) is 6.43. The number of anilines is 2. The van der Waals surface area contributed by atoms with Crippen LogP contribution >= 0.6 is 0 Å². The summed E-state index contributed by atoms with van der Waals surface area (Å²) < 4.78 is 0. The Morgan fingerprint density at radius 2 is 2.00 bits per heavy atom. The predicted molar refractivity (Wildman–Crippen MR) is 104 cm³/mol. The fourth-order valence-corrected chi connectivity index (χ4v) is 2.63. The summed E-state index contributed by atoms with van der Waals surface area (Å²) in [4.78, 5) is 18.6. The van der Waals surface area contributed by atoms with E-state index >= 15 is 0 Å². The molecule has 0 aliphatic rings. The zero-order valence-electron chi connectivity index (χ0n) is 15.6. The van der Waals surface area contributed by atoms with E-state index in [2.05, 4.69) is 52.6 Å². The van der Waals surface area contributed by atoms with E-state index in [1.165, 1.54) is 11.1 Å². The van der Waals surface area contributed by atoms with Crippen molar-refractivity contribution in [2.24, 2.45) is 0 Å². The van der Waals surface area contributed by atoms with Crippen LogP contribution in [0.3, 0.4) is 0 Å². The van der Waals surface area contributed by atoms with E-state index in [-0.39, 0.29) is 5.91 Å². The van der Waals surface area contributed by atoms with Crippen LogP contribution in [0.1, 0.15) is 34.8 Å². The number of aromatic nitrogens is 1. The first-order chi connectivity index (χ1) is 12.0. The van der Waals surface area contributed by atoms with Crippen LogP contribution < -0.4 is 10.6 Å². The topological polar surface area (TPSA) is 57.3 Å². The molecule has 1 amide bonds. The normalized spacial score (nSPS) is 10.8. The van der Waals surface area contributed by atoms with Crippen molar-refractivity contribution in [1.82, 2.24) is 15.2 Å². The average Bonchev–Trinajstić information content (AvgIpc) is 2.60. The van der Waals surface area contributed by atoms with Gasteiger partial charge in [0.15, 0.2) is 0 Å². The highest BCUT2D eigenvalue weighted by atomic mass is 16.1. The first-order valence-electron chi connectivity index (χ1n) is 8.75. The minimum absolute atomic E-state index is 0.0806. The fourth-order valence-electron chi connectivity index (χ4n) is 2.63. The van der Waals surface area contributed by atoms with Gasteiger partial charge in [-0.25, -0.2) is 4.98 Å². The van der Waals surface area contributed by atoms with Gasteiger partial charge >= 0.3 is 0 Å². The number of para-hydroxylation sites is 1. The van der Waals surface area contributed by atoms with Crippen molar-refractivity contribution < 1.29 is 4.79 Å². The van der Waals surface area contributed by atoms with Gasteiger partial charge in [0, 0.05) is 18.4 Å². The SMILES string of the molecule is CCc1cccc(C)c1Nc1ccc(C(=O)NCCCN(C)C)cn1.